The first kappa shape index (κ1) is 18.7. The molecule has 1 aromatic heterocycles. The monoisotopic (exact) mass is 397 g/mol. The maximum Gasteiger partial charge on any atom is 0.410 e. The number of ether oxygens (including phenoxy) is 1. The number of hydrogen-bond acceptors (Lipinski definition) is 4. The molecular weight excluding hydrogens is 374 g/mol. The number of hydrogen-bond donors (Lipinski definition) is 1. The normalized spacial score (nSPS) is 20.8. The third-order valence-electron chi connectivity index (χ3n) is 3.75. The number of aryl methyl sites for hydroxylation is 1. The average molecular weight is 398 g/mol. The molecule has 2 heterocycles. The van der Waals surface area contributed by atoms with Gasteiger partial charge in [0.2, 0.25) is 5.91 Å². The summed E-state index contributed by atoms with van der Waals surface area (Å²) in [5.41, 5.74) is 0.272. The molecule has 0 aromatic carbocycles. The zero-order valence-corrected chi connectivity index (χ0v) is 16.3. The molecule has 1 aliphatic heterocycles. The number of nitrogens with one attached hydrogen (secondary N) is 1. The van der Waals surface area contributed by atoms with E-state index in [0.29, 0.717) is 23.4 Å². The van der Waals surface area contributed by atoms with Gasteiger partial charge in [-0.05, 0) is 67.6 Å². The number of anilines is 1. The fourth-order valence-electron chi connectivity index (χ4n) is 2.65. The van der Waals surface area contributed by atoms with Gasteiger partial charge in [0.15, 0.2) is 0 Å². The van der Waals surface area contributed by atoms with Crippen LogP contribution in [0, 0.1) is 12.8 Å². The molecule has 2 atom stereocenters. The van der Waals surface area contributed by atoms with E-state index < -0.39 is 17.7 Å². The number of aromatic nitrogens is 1. The summed E-state index contributed by atoms with van der Waals surface area (Å²) in [6.07, 6.45) is 0.156. The largest absolute Gasteiger partial charge is 0.444 e. The second kappa shape index (κ2) is 7.09. The summed E-state index contributed by atoms with van der Waals surface area (Å²) in [6.45, 7) is 9.85. The molecule has 132 valence electrons. The second-order valence-corrected chi connectivity index (χ2v) is 8.09. The molecule has 0 unspecified atom stereocenters. The molecule has 2 rings (SSSR count). The molecule has 0 saturated carbocycles. The molecule has 1 saturated heterocycles. The lowest BCUT2D eigenvalue weighted by Crippen LogP contribution is -2.45. The van der Waals surface area contributed by atoms with Crippen LogP contribution in [0.3, 0.4) is 0 Å². The van der Waals surface area contributed by atoms with E-state index in [4.69, 9.17) is 4.74 Å². The first-order valence-corrected chi connectivity index (χ1v) is 8.80. The minimum Gasteiger partial charge on any atom is -0.444 e. The summed E-state index contributed by atoms with van der Waals surface area (Å²) in [6, 6.07) is 3.14. The number of rotatable bonds is 2. The van der Waals surface area contributed by atoms with Crippen molar-refractivity contribution in [2.75, 3.05) is 11.9 Å². The fraction of sp³-hybridized carbons (Fsp3) is 0.588. The smallest absolute Gasteiger partial charge is 0.410 e. The van der Waals surface area contributed by atoms with Gasteiger partial charge in [-0.1, -0.05) is 13.0 Å². The molecule has 6 nitrogen and oxygen atoms in total. The third-order valence-corrected chi connectivity index (χ3v) is 4.19. The molecule has 7 heteroatoms. The molecule has 0 radical (unpaired) electrons. The van der Waals surface area contributed by atoms with Crippen LogP contribution in [-0.2, 0) is 9.53 Å². The lowest BCUT2D eigenvalue weighted by Gasteiger charge is -2.28. The maximum atomic E-state index is 12.7. The Labute approximate surface area is 151 Å². The molecule has 0 spiro atoms. The van der Waals surface area contributed by atoms with Gasteiger partial charge in [0.05, 0.1) is 0 Å². The van der Waals surface area contributed by atoms with E-state index >= 15 is 0 Å². The van der Waals surface area contributed by atoms with Crippen LogP contribution >= 0.6 is 15.9 Å². The molecule has 1 N–H and O–H groups in total. The van der Waals surface area contributed by atoms with Crippen molar-refractivity contribution in [1.29, 1.82) is 0 Å². The number of carbonyl (C=O) groups excluding carboxylic acids is 2. The molecule has 1 fully saturated rings. The van der Waals surface area contributed by atoms with Crippen molar-refractivity contribution >= 4 is 33.7 Å². The van der Waals surface area contributed by atoms with Gasteiger partial charge in [0.25, 0.3) is 0 Å². The van der Waals surface area contributed by atoms with Gasteiger partial charge < -0.3 is 10.1 Å². The van der Waals surface area contributed by atoms with E-state index in [1.807, 2.05) is 46.8 Å². The van der Waals surface area contributed by atoms with Gasteiger partial charge in [-0.25, -0.2) is 9.78 Å². The molecule has 24 heavy (non-hydrogen) atoms. The summed E-state index contributed by atoms with van der Waals surface area (Å²) >= 11 is 3.30. The zero-order chi connectivity index (χ0) is 18.1. The topological polar surface area (TPSA) is 71.5 Å². The van der Waals surface area contributed by atoms with Gasteiger partial charge in [0, 0.05) is 6.54 Å². The van der Waals surface area contributed by atoms with Crippen LogP contribution in [0.15, 0.2) is 16.7 Å². The van der Waals surface area contributed by atoms with Crippen molar-refractivity contribution in [3.05, 3.63) is 22.3 Å². The van der Waals surface area contributed by atoms with E-state index in [9.17, 15) is 9.59 Å². The number of nitrogens with zero attached hydrogens (tertiary/aromatic N) is 2. The summed E-state index contributed by atoms with van der Waals surface area (Å²) in [5, 5.41) is 2.83. The Morgan fingerprint density at radius 1 is 1.38 bits per heavy atom. The van der Waals surface area contributed by atoms with Gasteiger partial charge in [-0.3, -0.25) is 9.69 Å². The van der Waals surface area contributed by atoms with Crippen molar-refractivity contribution in [3.8, 4) is 0 Å². The molecular formula is C17H24BrN3O3. The highest BCUT2D eigenvalue weighted by Gasteiger charge is 2.40. The van der Waals surface area contributed by atoms with Crippen molar-refractivity contribution in [2.45, 2.75) is 52.7 Å². The SMILES string of the molecule is Cc1ccc(Br)nc1NC(=O)[C@H]1C[C@@H](C)CN1C(=O)OC(C)(C)C. The van der Waals surface area contributed by atoms with Crippen LogP contribution in [0.25, 0.3) is 0 Å². The van der Waals surface area contributed by atoms with E-state index in [-0.39, 0.29) is 11.8 Å². The van der Waals surface area contributed by atoms with Crippen LogP contribution in [0.4, 0.5) is 10.6 Å². The van der Waals surface area contributed by atoms with Gasteiger partial charge in [-0.2, -0.15) is 0 Å². The van der Waals surface area contributed by atoms with Crippen LogP contribution in [0.5, 0.6) is 0 Å². The fourth-order valence-corrected chi connectivity index (χ4v) is 2.96. The summed E-state index contributed by atoms with van der Waals surface area (Å²) in [7, 11) is 0. The van der Waals surface area contributed by atoms with E-state index in [1.165, 1.54) is 4.90 Å². The van der Waals surface area contributed by atoms with E-state index in [1.54, 1.807) is 0 Å². The highest BCUT2D eigenvalue weighted by molar-refractivity contribution is 9.10. The first-order chi connectivity index (χ1) is 11.1. The van der Waals surface area contributed by atoms with E-state index in [2.05, 4.69) is 26.2 Å². The average Bonchev–Trinajstić information content (AvgIpc) is 2.83. The number of halogens is 1. The maximum absolute atomic E-state index is 12.7. The summed E-state index contributed by atoms with van der Waals surface area (Å²) < 4.78 is 6.07. The Morgan fingerprint density at radius 2 is 2.04 bits per heavy atom. The Hall–Kier alpha value is -1.63. The van der Waals surface area contributed by atoms with Crippen LogP contribution < -0.4 is 5.32 Å². The minimum absolute atomic E-state index is 0.237. The molecule has 0 aliphatic carbocycles. The Morgan fingerprint density at radius 3 is 2.67 bits per heavy atom. The molecule has 2 amide bonds. The van der Waals surface area contributed by atoms with Crippen LogP contribution in [0.2, 0.25) is 0 Å². The van der Waals surface area contributed by atoms with Crippen molar-refractivity contribution in [2.24, 2.45) is 5.92 Å². The van der Waals surface area contributed by atoms with Gasteiger partial charge >= 0.3 is 6.09 Å². The number of amides is 2. The lowest BCUT2D eigenvalue weighted by molar-refractivity contribution is -0.120. The molecule has 1 aliphatic rings. The zero-order valence-electron chi connectivity index (χ0n) is 14.7. The van der Waals surface area contributed by atoms with E-state index in [0.717, 1.165) is 5.56 Å². The quantitative estimate of drug-likeness (QED) is 0.771. The predicted molar refractivity (Wildman–Crippen MR) is 95.8 cm³/mol. The van der Waals surface area contributed by atoms with Crippen LogP contribution in [-0.4, -0.2) is 40.1 Å². The Bertz CT molecular complexity index is 642. The predicted octanol–water partition coefficient (Wildman–Crippen LogP) is 3.74. The summed E-state index contributed by atoms with van der Waals surface area (Å²) in [4.78, 5) is 30.9. The second-order valence-electron chi connectivity index (χ2n) is 7.28. The third kappa shape index (κ3) is 4.69. The number of likely N-dealkylation sites (tertiary alicyclic amines) is 1. The highest BCUT2D eigenvalue weighted by atomic mass is 79.9. The molecule has 1 aromatic rings. The Balaban J connectivity index is 2.14. The summed E-state index contributed by atoms with van der Waals surface area (Å²) in [5.74, 6) is 0.502. The standard InChI is InChI=1S/C17H24BrN3O3/c1-10-8-12(21(9-10)16(23)24-17(3,4)5)15(22)20-14-11(2)6-7-13(18)19-14/h6-7,10,12H,8-9H2,1-5H3,(H,19,20,22)/t10-,12-/m1/s1. The van der Waals surface area contributed by atoms with Crippen molar-refractivity contribution in [1.82, 2.24) is 9.88 Å². The minimum atomic E-state index is -0.591. The number of carbonyl (C=O) groups is 2. The van der Waals surface area contributed by atoms with Gasteiger partial charge in [-0.15, -0.1) is 0 Å². The number of pyridine rings is 1. The van der Waals surface area contributed by atoms with Crippen molar-refractivity contribution < 1.29 is 14.3 Å². The van der Waals surface area contributed by atoms with Crippen LogP contribution in [0.1, 0.15) is 39.7 Å². The van der Waals surface area contributed by atoms with Gasteiger partial charge in [0.1, 0.15) is 22.1 Å². The highest BCUT2D eigenvalue weighted by Crippen LogP contribution is 2.26. The Kier molecular flexibility index (Phi) is 5.52. The lowest BCUT2D eigenvalue weighted by atomic mass is 10.1. The van der Waals surface area contributed by atoms with Crippen molar-refractivity contribution in [3.63, 3.8) is 0 Å². The molecule has 0 bridgehead atoms. The first-order valence-electron chi connectivity index (χ1n) is 8.00.